The van der Waals surface area contributed by atoms with E-state index >= 15 is 0 Å². The largest absolute Gasteiger partial charge is 0.426 e. The summed E-state index contributed by atoms with van der Waals surface area (Å²) in [7, 11) is 0. The normalized spacial score (nSPS) is 10.9. The third-order valence-electron chi connectivity index (χ3n) is 3.88. The molecule has 0 bridgehead atoms. The minimum atomic E-state index is -0.462. The maximum Gasteiger partial charge on any atom is 0.315 e. The maximum absolute atomic E-state index is 13.9. The number of allylic oxidation sites excluding steroid dienone is 1. The summed E-state index contributed by atoms with van der Waals surface area (Å²) < 4.78 is 19.3. The molecule has 0 atom stereocenters. The van der Waals surface area contributed by atoms with Gasteiger partial charge >= 0.3 is 5.97 Å². The molecule has 3 aromatic rings. The summed E-state index contributed by atoms with van der Waals surface area (Å²) in [5.41, 5.74) is 1.93. The molecule has 0 unspecified atom stereocenters. The molecule has 0 fully saturated rings. The van der Waals surface area contributed by atoms with Crippen molar-refractivity contribution in [2.45, 2.75) is 6.42 Å². The Bertz CT molecular complexity index is 1020. The lowest BCUT2D eigenvalue weighted by Gasteiger charge is -2.06. The van der Waals surface area contributed by atoms with E-state index < -0.39 is 5.82 Å². The van der Waals surface area contributed by atoms with Gasteiger partial charge in [-0.25, -0.2) is 4.39 Å². The topological polar surface area (TPSA) is 50.1 Å². The van der Waals surface area contributed by atoms with Crippen molar-refractivity contribution in [2.24, 2.45) is 0 Å². The lowest BCUT2D eigenvalue weighted by molar-refractivity contribution is -0.133. The number of esters is 1. The molecule has 0 amide bonds. The predicted octanol–water partition coefficient (Wildman–Crippen LogP) is 5.04. The average molecular weight is 357 g/mol. The van der Waals surface area contributed by atoms with Crippen LogP contribution in [0.2, 0.25) is 0 Å². The SMILES string of the molecule is N#C/C(=C/c1cccc(OC(=O)Cc2ccccc2)c1)c1ccccc1F. The first-order valence-corrected chi connectivity index (χ1v) is 8.37. The van der Waals surface area contributed by atoms with Crippen molar-refractivity contribution in [2.75, 3.05) is 0 Å². The van der Waals surface area contributed by atoms with Crippen LogP contribution in [0.15, 0.2) is 78.9 Å². The zero-order chi connectivity index (χ0) is 19.1. The number of benzene rings is 3. The van der Waals surface area contributed by atoms with Crippen molar-refractivity contribution in [3.8, 4) is 11.8 Å². The van der Waals surface area contributed by atoms with Crippen LogP contribution in [0.5, 0.6) is 5.75 Å². The Morgan fingerprint density at radius 1 is 1.00 bits per heavy atom. The van der Waals surface area contributed by atoms with Crippen LogP contribution in [0.3, 0.4) is 0 Å². The average Bonchev–Trinajstić information content (AvgIpc) is 2.68. The molecule has 0 aliphatic rings. The highest BCUT2D eigenvalue weighted by molar-refractivity contribution is 5.90. The van der Waals surface area contributed by atoms with Crippen LogP contribution in [0, 0.1) is 17.1 Å². The molecule has 3 nitrogen and oxygen atoms in total. The third kappa shape index (κ3) is 4.90. The van der Waals surface area contributed by atoms with Gasteiger partial charge in [0.05, 0.1) is 18.1 Å². The van der Waals surface area contributed by atoms with Gasteiger partial charge in [-0.1, -0.05) is 60.7 Å². The summed E-state index contributed by atoms with van der Waals surface area (Å²) in [4.78, 5) is 12.1. The predicted molar refractivity (Wildman–Crippen MR) is 102 cm³/mol. The molecule has 27 heavy (non-hydrogen) atoms. The highest BCUT2D eigenvalue weighted by Gasteiger charge is 2.09. The Labute approximate surface area is 157 Å². The zero-order valence-electron chi connectivity index (χ0n) is 14.4. The van der Waals surface area contributed by atoms with Gasteiger partial charge < -0.3 is 4.74 Å². The summed E-state index contributed by atoms with van der Waals surface area (Å²) >= 11 is 0. The molecule has 0 aromatic heterocycles. The van der Waals surface area contributed by atoms with E-state index in [0.717, 1.165) is 5.56 Å². The van der Waals surface area contributed by atoms with Gasteiger partial charge in [-0.05, 0) is 35.4 Å². The minimum absolute atomic E-state index is 0.166. The van der Waals surface area contributed by atoms with Crippen LogP contribution < -0.4 is 4.74 Å². The minimum Gasteiger partial charge on any atom is -0.426 e. The molecule has 3 aromatic carbocycles. The van der Waals surface area contributed by atoms with E-state index in [9.17, 15) is 14.4 Å². The molecule has 132 valence electrons. The van der Waals surface area contributed by atoms with Gasteiger partial charge in [0.15, 0.2) is 0 Å². The molecule has 0 spiro atoms. The Morgan fingerprint density at radius 2 is 1.74 bits per heavy atom. The van der Waals surface area contributed by atoms with Gasteiger partial charge in [0.1, 0.15) is 11.6 Å². The van der Waals surface area contributed by atoms with Crippen molar-refractivity contribution in [1.29, 1.82) is 5.26 Å². The molecular weight excluding hydrogens is 341 g/mol. The van der Waals surface area contributed by atoms with E-state index in [1.165, 1.54) is 6.07 Å². The van der Waals surface area contributed by atoms with Gasteiger partial charge in [-0.3, -0.25) is 4.79 Å². The second-order valence-electron chi connectivity index (χ2n) is 5.86. The van der Waals surface area contributed by atoms with E-state index in [-0.39, 0.29) is 23.5 Å². The van der Waals surface area contributed by atoms with Crippen molar-refractivity contribution in [1.82, 2.24) is 0 Å². The summed E-state index contributed by atoms with van der Waals surface area (Å²) in [5.74, 6) is -0.469. The third-order valence-corrected chi connectivity index (χ3v) is 3.88. The summed E-state index contributed by atoms with van der Waals surface area (Å²) in [6, 6.07) is 24.2. The summed E-state index contributed by atoms with van der Waals surface area (Å²) in [6.07, 6.45) is 1.73. The highest BCUT2D eigenvalue weighted by atomic mass is 19.1. The van der Waals surface area contributed by atoms with E-state index in [1.807, 2.05) is 36.4 Å². The Balaban J connectivity index is 1.78. The number of rotatable bonds is 5. The fourth-order valence-electron chi connectivity index (χ4n) is 2.61. The number of ether oxygens (including phenoxy) is 1. The van der Waals surface area contributed by atoms with E-state index in [4.69, 9.17) is 4.74 Å². The van der Waals surface area contributed by atoms with Crippen LogP contribution in [0.25, 0.3) is 11.6 Å². The molecular formula is C23H16FNO2. The second-order valence-corrected chi connectivity index (χ2v) is 5.86. The van der Waals surface area contributed by atoms with Crippen LogP contribution in [-0.4, -0.2) is 5.97 Å². The number of carbonyl (C=O) groups is 1. The second kappa shape index (κ2) is 8.59. The quantitative estimate of drug-likeness (QED) is 0.278. The lowest BCUT2D eigenvalue weighted by atomic mass is 10.0. The van der Waals surface area contributed by atoms with Crippen LogP contribution in [-0.2, 0) is 11.2 Å². The van der Waals surface area contributed by atoms with E-state index in [2.05, 4.69) is 0 Å². The summed E-state index contributed by atoms with van der Waals surface area (Å²) in [5, 5.41) is 9.37. The highest BCUT2D eigenvalue weighted by Crippen LogP contribution is 2.22. The number of halogens is 1. The molecule has 4 heteroatoms. The molecule has 0 saturated heterocycles. The number of nitrogens with zero attached hydrogens (tertiary/aromatic N) is 1. The monoisotopic (exact) mass is 357 g/mol. The fourth-order valence-corrected chi connectivity index (χ4v) is 2.61. The van der Waals surface area contributed by atoms with Crippen LogP contribution in [0.1, 0.15) is 16.7 Å². The van der Waals surface area contributed by atoms with Crippen LogP contribution >= 0.6 is 0 Å². The molecule has 0 saturated carbocycles. The zero-order valence-corrected chi connectivity index (χ0v) is 14.4. The maximum atomic E-state index is 13.9. The summed E-state index contributed by atoms with van der Waals surface area (Å²) in [6.45, 7) is 0. The standard InChI is InChI=1S/C23H16FNO2/c24-22-12-5-4-11-21(22)19(16-25)13-18-9-6-10-20(14-18)27-23(26)15-17-7-2-1-3-8-17/h1-14H,15H2/b19-13-. The number of nitriles is 1. The molecule has 0 radical (unpaired) electrons. The van der Waals surface area contributed by atoms with E-state index in [1.54, 1.807) is 48.5 Å². The molecule has 3 rings (SSSR count). The number of hydrogen-bond donors (Lipinski definition) is 0. The number of carbonyl (C=O) groups excluding carboxylic acids is 1. The van der Waals surface area contributed by atoms with Crippen LogP contribution in [0.4, 0.5) is 4.39 Å². The van der Waals surface area contributed by atoms with Gasteiger partial charge in [0, 0.05) is 5.56 Å². The number of hydrogen-bond acceptors (Lipinski definition) is 3. The van der Waals surface area contributed by atoms with Gasteiger partial charge in [-0.2, -0.15) is 5.26 Å². The molecule has 0 aliphatic carbocycles. The van der Waals surface area contributed by atoms with E-state index in [0.29, 0.717) is 11.3 Å². The van der Waals surface area contributed by atoms with Crippen molar-refractivity contribution < 1.29 is 13.9 Å². The first kappa shape index (κ1) is 18.1. The van der Waals surface area contributed by atoms with Gasteiger partial charge in [-0.15, -0.1) is 0 Å². The van der Waals surface area contributed by atoms with Crippen molar-refractivity contribution in [3.05, 3.63) is 101 Å². The molecule has 0 aliphatic heterocycles. The van der Waals surface area contributed by atoms with Gasteiger partial charge in [0.2, 0.25) is 0 Å². The fraction of sp³-hybridized carbons (Fsp3) is 0.0435. The first-order chi connectivity index (χ1) is 13.2. The van der Waals surface area contributed by atoms with Gasteiger partial charge in [0.25, 0.3) is 0 Å². The van der Waals surface area contributed by atoms with Crippen molar-refractivity contribution >= 4 is 17.6 Å². The Morgan fingerprint density at radius 3 is 2.48 bits per heavy atom. The molecule has 0 heterocycles. The Hall–Kier alpha value is -3.71. The smallest absolute Gasteiger partial charge is 0.315 e. The Kier molecular flexibility index (Phi) is 5.76. The van der Waals surface area contributed by atoms with Crippen molar-refractivity contribution in [3.63, 3.8) is 0 Å². The lowest BCUT2D eigenvalue weighted by Crippen LogP contribution is -2.11. The first-order valence-electron chi connectivity index (χ1n) is 8.37. The molecule has 0 N–H and O–H groups in total.